The second-order valence-electron chi connectivity index (χ2n) is 8.19. The molecule has 11 heteroatoms. The van der Waals surface area contributed by atoms with Gasteiger partial charge < -0.3 is 10.2 Å². The zero-order valence-electron chi connectivity index (χ0n) is 18.3. The molecule has 1 saturated heterocycles. The number of nitrogens with one attached hydrogen (secondary N) is 1. The molecule has 1 aliphatic heterocycles. The maximum atomic E-state index is 13.0. The third kappa shape index (κ3) is 5.05. The summed E-state index contributed by atoms with van der Waals surface area (Å²) >= 11 is 6.21. The minimum absolute atomic E-state index is 0.0136. The highest BCUT2D eigenvalue weighted by Gasteiger charge is 2.37. The van der Waals surface area contributed by atoms with Gasteiger partial charge in [0.2, 0.25) is 5.91 Å². The normalized spacial score (nSPS) is 15.3. The Morgan fingerprint density at radius 1 is 1.18 bits per heavy atom. The predicted molar refractivity (Wildman–Crippen MR) is 118 cm³/mol. The number of hydrogen-bond donors (Lipinski definition) is 1. The van der Waals surface area contributed by atoms with Crippen LogP contribution in [0.25, 0.3) is 5.78 Å². The number of hydrogen-bond acceptors (Lipinski definition) is 5. The number of carbonyl (C=O) groups excluding carboxylic acids is 1. The van der Waals surface area contributed by atoms with Gasteiger partial charge in [-0.15, -0.1) is 5.10 Å². The third-order valence-electron chi connectivity index (χ3n) is 5.97. The smallest absolute Gasteiger partial charge is 0.381 e. The number of piperidine rings is 1. The molecule has 176 valence electrons. The van der Waals surface area contributed by atoms with Gasteiger partial charge in [-0.3, -0.25) is 4.79 Å². The Kier molecular flexibility index (Phi) is 6.47. The molecule has 1 aliphatic rings. The van der Waals surface area contributed by atoms with Gasteiger partial charge in [-0.1, -0.05) is 23.7 Å². The topological polar surface area (TPSA) is 75.4 Å². The van der Waals surface area contributed by atoms with Crippen molar-refractivity contribution in [2.24, 2.45) is 0 Å². The van der Waals surface area contributed by atoms with Gasteiger partial charge in [0.1, 0.15) is 0 Å². The Morgan fingerprint density at radius 3 is 2.55 bits per heavy atom. The number of anilines is 1. The highest BCUT2D eigenvalue weighted by Crippen LogP contribution is 2.28. The van der Waals surface area contributed by atoms with Crippen LogP contribution >= 0.6 is 11.6 Å². The van der Waals surface area contributed by atoms with Crippen molar-refractivity contribution >= 4 is 29.0 Å². The minimum Gasteiger partial charge on any atom is -0.381 e. The van der Waals surface area contributed by atoms with E-state index in [-0.39, 0.29) is 24.1 Å². The summed E-state index contributed by atoms with van der Waals surface area (Å²) in [5.41, 5.74) is 2.66. The van der Waals surface area contributed by atoms with Crippen molar-refractivity contribution in [2.75, 3.05) is 18.4 Å². The van der Waals surface area contributed by atoms with E-state index >= 15 is 0 Å². The summed E-state index contributed by atoms with van der Waals surface area (Å²) < 4.78 is 40.0. The number of benzene rings is 1. The fraction of sp³-hybridized carbons (Fsp3) is 0.455. The lowest BCUT2D eigenvalue weighted by Gasteiger charge is -2.33. The second-order valence-corrected chi connectivity index (χ2v) is 8.59. The van der Waals surface area contributed by atoms with E-state index in [0.29, 0.717) is 41.5 Å². The molecule has 0 spiro atoms. The van der Waals surface area contributed by atoms with Gasteiger partial charge in [0.25, 0.3) is 11.6 Å². The van der Waals surface area contributed by atoms with Crippen molar-refractivity contribution < 1.29 is 18.0 Å². The molecule has 1 amide bonds. The van der Waals surface area contributed by atoms with E-state index in [9.17, 15) is 18.0 Å². The lowest BCUT2D eigenvalue weighted by atomic mass is 10.0. The standard InChI is InChI=1S/C22H24ClF3N6O/c1-13-16(14(2)32-21(27-13)29-20(30-32)22(24,25)26)7-8-19(33)31-11-9-15(10-12-31)28-18-6-4-3-5-17(18)23/h3-6,15,28H,7-12H2,1-2H3. The van der Waals surface area contributed by atoms with Gasteiger partial charge in [0.05, 0.1) is 10.7 Å². The first kappa shape index (κ1) is 23.3. The maximum Gasteiger partial charge on any atom is 0.453 e. The van der Waals surface area contributed by atoms with E-state index in [1.165, 1.54) is 0 Å². The highest BCUT2D eigenvalue weighted by molar-refractivity contribution is 6.33. The number of alkyl halides is 3. The molecule has 1 aromatic carbocycles. The number of rotatable bonds is 5. The van der Waals surface area contributed by atoms with Gasteiger partial charge in [-0.05, 0) is 50.8 Å². The van der Waals surface area contributed by atoms with Crippen molar-refractivity contribution in [1.82, 2.24) is 24.5 Å². The van der Waals surface area contributed by atoms with E-state index < -0.39 is 12.0 Å². The Labute approximate surface area is 194 Å². The lowest BCUT2D eigenvalue weighted by molar-refractivity contribution is -0.144. The average molecular weight is 481 g/mol. The van der Waals surface area contributed by atoms with E-state index in [2.05, 4.69) is 20.4 Å². The number of amides is 1. The van der Waals surface area contributed by atoms with E-state index in [1.54, 1.807) is 13.8 Å². The van der Waals surface area contributed by atoms with Crippen LogP contribution in [0, 0.1) is 13.8 Å². The van der Waals surface area contributed by atoms with Crippen LogP contribution < -0.4 is 5.32 Å². The first-order chi connectivity index (χ1) is 15.6. The summed E-state index contributed by atoms with van der Waals surface area (Å²) in [4.78, 5) is 22.3. The second kappa shape index (κ2) is 9.17. The largest absolute Gasteiger partial charge is 0.453 e. The Hall–Kier alpha value is -2.88. The summed E-state index contributed by atoms with van der Waals surface area (Å²) in [6.45, 7) is 4.64. The molecule has 33 heavy (non-hydrogen) atoms. The zero-order valence-corrected chi connectivity index (χ0v) is 19.0. The minimum atomic E-state index is -4.64. The molecule has 0 unspecified atom stereocenters. The molecule has 0 radical (unpaired) electrons. The van der Waals surface area contributed by atoms with Crippen molar-refractivity contribution in [2.45, 2.75) is 51.7 Å². The number of carbonyl (C=O) groups is 1. The molecular weight excluding hydrogens is 457 g/mol. The molecule has 1 fully saturated rings. The Balaban J connectivity index is 1.37. The van der Waals surface area contributed by atoms with Crippen LogP contribution in [0.2, 0.25) is 5.02 Å². The van der Waals surface area contributed by atoms with Crippen LogP contribution in [0.1, 0.15) is 42.0 Å². The summed E-state index contributed by atoms with van der Waals surface area (Å²) in [5, 5.41) is 7.66. The van der Waals surface area contributed by atoms with Crippen molar-refractivity contribution in [3.63, 3.8) is 0 Å². The molecule has 0 aliphatic carbocycles. The first-order valence-electron chi connectivity index (χ1n) is 10.7. The number of nitrogens with zero attached hydrogens (tertiary/aromatic N) is 5. The fourth-order valence-electron chi connectivity index (χ4n) is 4.15. The monoisotopic (exact) mass is 480 g/mol. The van der Waals surface area contributed by atoms with Gasteiger partial charge in [0, 0.05) is 36.9 Å². The molecule has 1 N–H and O–H groups in total. The maximum absolute atomic E-state index is 13.0. The summed E-state index contributed by atoms with van der Waals surface area (Å²) in [6.07, 6.45) is -2.41. The van der Waals surface area contributed by atoms with Crippen molar-refractivity contribution in [1.29, 1.82) is 0 Å². The van der Waals surface area contributed by atoms with Crippen LogP contribution in [-0.2, 0) is 17.4 Å². The number of likely N-dealkylation sites (tertiary alicyclic amines) is 1. The highest BCUT2D eigenvalue weighted by atomic mass is 35.5. The molecule has 3 aromatic rings. The molecular formula is C22H24ClF3N6O. The SMILES string of the molecule is Cc1nc2nc(C(F)(F)F)nn2c(C)c1CCC(=O)N1CCC(Nc2ccccc2Cl)CC1. The molecule has 4 rings (SSSR count). The number of para-hydroxylation sites is 1. The van der Waals surface area contributed by atoms with Gasteiger partial charge in [0.15, 0.2) is 0 Å². The Morgan fingerprint density at radius 2 is 1.88 bits per heavy atom. The van der Waals surface area contributed by atoms with E-state index in [1.807, 2.05) is 29.2 Å². The van der Waals surface area contributed by atoms with Gasteiger partial charge in [-0.2, -0.15) is 18.2 Å². The van der Waals surface area contributed by atoms with Crippen LogP contribution in [0.3, 0.4) is 0 Å². The van der Waals surface area contributed by atoms with E-state index in [0.717, 1.165) is 23.0 Å². The van der Waals surface area contributed by atoms with Gasteiger partial charge >= 0.3 is 6.18 Å². The fourth-order valence-corrected chi connectivity index (χ4v) is 4.34. The van der Waals surface area contributed by atoms with Crippen LogP contribution in [0.4, 0.5) is 18.9 Å². The number of aryl methyl sites for hydroxylation is 2. The Bertz CT molecular complexity index is 1170. The van der Waals surface area contributed by atoms with Crippen LogP contribution in [0.15, 0.2) is 24.3 Å². The quantitative estimate of drug-likeness (QED) is 0.584. The van der Waals surface area contributed by atoms with E-state index in [4.69, 9.17) is 11.6 Å². The molecule has 7 nitrogen and oxygen atoms in total. The molecule has 0 saturated carbocycles. The summed E-state index contributed by atoms with van der Waals surface area (Å²) in [7, 11) is 0. The number of fused-ring (bicyclic) bond motifs is 1. The number of halogens is 4. The molecule has 3 heterocycles. The summed E-state index contributed by atoms with van der Waals surface area (Å²) in [6, 6.07) is 7.81. The first-order valence-corrected chi connectivity index (χ1v) is 11.1. The van der Waals surface area contributed by atoms with Crippen LogP contribution in [0.5, 0.6) is 0 Å². The third-order valence-corrected chi connectivity index (χ3v) is 6.30. The number of aromatic nitrogens is 4. The van der Waals surface area contributed by atoms with Crippen LogP contribution in [-0.4, -0.2) is 49.5 Å². The zero-order chi connectivity index (χ0) is 23.8. The average Bonchev–Trinajstić information content (AvgIpc) is 3.20. The van der Waals surface area contributed by atoms with Crippen molar-refractivity contribution in [3.8, 4) is 0 Å². The predicted octanol–water partition coefficient (Wildman–Crippen LogP) is 4.45. The molecule has 0 atom stereocenters. The van der Waals surface area contributed by atoms with Gasteiger partial charge in [-0.25, -0.2) is 9.50 Å². The summed E-state index contributed by atoms with van der Waals surface area (Å²) in [5.74, 6) is -1.31. The lowest BCUT2D eigenvalue weighted by Crippen LogP contribution is -2.42. The molecule has 2 aromatic heterocycles. The van der Waals surface area contributed by atoms with Crippen molar-refractivity contribution in [3.05, 3.63) is 52.1 Å². The molecule has 0 bridgehead atoms.